The second-order valence-electron chi connectivity index (χ2n) is 9.13. The van der Waals surface area contributed by atoms with Crippen LogP contribution in [-0.4, -0.2) is 17.3 Å². The normalized spacial score (nSPS) is 13.1. The Morgan fingerprint density at radius 2 is 1.81 bits per heavy atom. The molecule has 1 N–H and O–H groups in total. The highest BCUT2D eigenvalue weighted by Crippen LogP contribution is 2.36. The summed E-state index contributed by atoms with van der Waals surface area (Å²) in [6, 6.07) is 22.6. The number of amides is 1. The van der Waals surface area contributed by atoms with E-state index in [0.717, 1.165) is 38.9 Å². The van der Waals surface area contributed by atoms with Crippen molar-refractivity contribution in [1.82, 2.24) is 9.88 Å². The molecule has 7 heteroatoms. The van der Waals surface area contributed by atoms with Crippen molar-refractivity contribution in [2.24, 2.45) is 0 Å². The number of carbonyl (C=O) groups excluding carboxylic acids is 1. The lowest BCUT2D eigenvalue weighted by Gasteiger charge is -2.16. The molecular weight excluding hydrogens is 487 g/mol. The third-order valence-corrected chi connectivity index (χ3v) is 7.42. The average Bonchev–Trinajstić information content (AvgIpc) is 3.68. The topological polar surface area (TPSA) is 52.5 Å². The van der Waals surface area contributed by atoms with Crippen molar-refractivity contribution in [3.63, 3.8) is 0 Å². The van der Waals surface area contributed by atoms with E-state index in [1.807, 2.05) is 47.8 Å². The maximum atomic E-state index is 13.4. The summed E-state index contributed by atoms with van der Waals surface area (Å²) in [4.78, 5) is 13.2. The van der Waals surface area contributed by atoms with Crippen LogP contribution in [0, 0.1) is 5.82 Å². The molecule has 0 bridgehead atoms. The Bertz CT molecular complexity index is 1540. The van der Waals surface area contributed by atoms with E-state index in [-0.39, 0.29) is 24.4 Å². The molecule has 0 saturated heterocycles. The lowest BCUT2D eigenvalue weighted by atomic mass is 9.89. The summed E-state index contributed by atoms with van der Waals surface area (Å²) in [6.07, 6.45) is 2.47. The summed E-state index contributed by atoms with van der Waals surface area (Å²) < 4.78 is 26.5. The van der Waals surface area contributed by atoms with Gasteiger partial charge in [-0.3, -0.25) is 4.79 Å². The molecule has 1 unspecified atom stereocenters. The van der Waals surface area contributed by atoms with Crippen LogP contribution in [0.3, 0.4) is 0 Å². The average molecular weight is 513 g/mol. The van der Waals surface area contributed by atoms with Gasteiger partial charge in [0.05, 0.1) is 0 Å². The Kier molecular flexibility index (Phi) is 6.37. The first-order valence-electron chi connectivity index (χ1n) is 12.1. The van der Waals surface area contributed by atoms with Gasteiger partial charge < -0.3 is 19.4 Å². The maximum Gasteiger partial charge on any atom is 0.231 e. The zero-order valence-corrected chi connectivity index (χ0v) is 20.8. The molecule has 1 atom stereocenters. The van der Waals surface area contributed by atoms with Crippen molar-refractivity contribution in [1.29, 1.82) is 0 Å². The van der Waals surface area contributed by atoms with Crippen LogP contribution in [0.5, 0.6) is 11.5 Å². The van der Waals surface area contributed by atoms with Crippen molar-refractivity contribution in [2.45, 2.75) is 25.4 Å². The molecular formula is C30H25FN2O3S. The second kappa shape index (κ2) is 10.1. The molecule has 5 nitrogen and oxygen atoms in total. The predicted molar refractivity (Wildman–Crippen MR) is 143 cm³/mol. The third kappa shape index (κ3) is 4.95. The predicted octanol–water partition coefficient (Wildman–Crippen LogP) is 6.46. The van der Waals surface area contributed by atoms with Gasteiger partial charge in [0, 0.05) is 42.5 Å². The quantitative estimate of drug-likeness (QED) is 0.260. The fraction of sp³-hybridized carbons (Fsp3) is 0.167. The molecule has 0 aliphatic carbocycles. The van der Waals surface area contributed by atoms with Crippen LogP contribution in [0.2, 0.25) is 0 Å². The monoisotopic (exact) mass is 512 g/mol. The molecule has 3 aromatic carbocycles. The molecule has 3 heterocycles. The van der Waals surface area contributed by atoms with E-state index in [1.165, 1.54) is 12.1 Å². The Labute approximate surface area is 218 Å². The van der Waals surface area contributed by atoms with Crippen LogP contribution in [0.1, 0.15) is 34.6 Å². The van der Waals surface area contributed by atoms with Crippen LogP contribution < -0.4 is 14.8 Å². The molecule has 1 amide bonds. The van der Waals surface area contributed by atoms with Crippen molar-refractivity contribution >= 4 is 28.1 Å². The Balaban J connectivity index is 1.26. The van der Waals surface area contributed by atoms with E-state index in [2.05, 4.69) is 39.7 Å². The Morgan fingerprint density at radius 1 is 1.00 bits per heavy atom. The van der Waals surface area contributed by atoms with Gasteiger partial charge >= 0.3 is 0 Å². The summed E-state index contributed by atoms with van der Waals surface area (Å²) in [6.45, 7) is 1.26. The maximum absolute atomic E-state index is 13.4. The third-order valence-electron chi connectivity index (χ3n) is 6.72. The molecule has 0 fully saturated rings. The van der Waals surface area contributed by atoms with Crippen LogP contribution >= 0.6 is 11.3 Å². The summed E-state index contributed by atoms with van der Waals surface area (Å²) >= 11 is 1.63. The number of benzene rings is 3. The van der Waals surface area contributed by atoms with Crippen LogP contribution in [0.15, 0.2) is 89.8 Å². The zero-order valence-electron chi connectivity index (χ0n) is 20.0. The zero-order chi connectivity index (χ0) is 25.2. The number of hydrogen-bond acceptors (Lipinski definition) is 4. The fourth-order valence-corrected chi connectivity index (χ4v) is 5.57. The number of aromatic nitrogens is 1. The number of fused-ring (bicyclic) bond motifs is 2. The van der Waals surface area contributed by atoms with Crippen LogP contribution in [0.4, 0.5) is 4.39 Å². The summed E-state index contributed by atoms with van der Waals surface area (Å²) in [5, 5.41) is 8.35. The van der Waals surface area contributed by atoms with E-state index >= 15 is 0 Å². The summed E-state index contributed by atoms with van der Waals surface area (Å²) in [5.74, 6) is 1.07. The standard InChI is InChI=1S/C30H25FN2O3S/c31-23-8-5-20(6-9-23)16-33-17-26(24-3-1-2-4-27(24)33)25(22-11-12-37-18-22)14-30(34)32-15-21-7-10-28-29(13-21)36-19-35-28/h1-13,17-18,25H,14-16,19H2,(H,32,34). The van der Waals surface area contributed by atoms with Gasteiger partial charge in [-0.15, -0.1) is 0 Å². The minimum Gasteiger partial charge on any atom is -0.454 e. The Hall–Kier alpha value is -4.10. The van der Waals surface area contributed by atoms with Gasteiger partial charge in [0.25, 0.3) is 0 Å². The minimum atomic E-state index is -0.244. The molecule has 5 aromatic rings. The van der Waals surface area contributed by atoms with E-state index in [1.54, 1.807) is 11.3 Å². The molecule has 0 spiro atoms. The van der Waals surface area contributed by atoms with Gasteiger partial charge in [0.2, 0.25) is 12.7 Å². The number of ether oxygens (including phenoxy) is 2. The molecule has 37 heavy (non-hydrogen) atoms. The number of rotatable bonds is 8. The second-order valence-corrected chi connectivity index (χ2v) is 9.91. The van der Waals surface area contributed by atoms with Crippen LogP contribution in [0.25, 0.3) is 10.9 Å². The van der Waals surface area contributed by atoms with Crippen molar-refractivity contribution in [3.8, 4) is 11.5 Å². The van der Waals surface area contributed by atoms with Gasteiger partial charge in [-0.05, 0) is 69.4 Å². The van der Waals surface area contributed by atoms with Crippen molar-refractivity contribution in [2.75, 3.05) is 6.79 Å². The van der Waals surface area contributed by atoms with Gasteiger partial charge in [-0.1, -0.05) is 36.4 Å². The smallest absolute Gasteiger partial charge is 0.231 e. The molecule has 6 rings (SSSR count). The van der Waals surface area contributed by atoms with E-state index in [0.29, 0.717) is 25.3 Å². The van der Waals surface area contributed by atoms with Gasteiger partial charge in [0.1, 0.15) is 5.82 Å². The van der Waals surface area contributed by atoms with E-state index in [4.69, 9.17) is 9.47 Å². The fourth-order valence-electron chi connectivity index (χ4n) is 4.86. The molecule has 2 aromatic heterocycles. The van der Waals surface area contributed by atoms with Crippen molar-refractivity contribution < 1.29 is 18.7 Å². The number of hydrogen-bond donors (Lipinski definition) is 1. The van der Waals surface area contributed by atoms with Gasteiger partial charge in [0.15, 0.2) is 11.5 Å². The summed E-state index contributed by atoms with van der Waals surface area (Å²) in [7, 11) is 0. The van der Waals surface area contributed by atoms with E-state index in [9.17, 15) is 9.18 Å². The number of thiophene rings is 1. The molecule has 186 valence electrons. The first-order chi connectivity index (χ1) is 18.1. The molecule has 1 aliphatic heterocycles. The molecule has 0 radical (unpaired) electrons. The highest BCUT2D eigenvalue weighted by molar-refractivity contribution is 7.08. The first-order valence-corrected chi connectivity index (χ1v) is 13.1. The van der Waals surface area contributed by atoms with Gasteiger partial charge in [-0.2, -0.15) is 11.3 Å². The summed E-state index contributed by atoms with van der Waals surface area (Å²) in [5.41, 5.74) is 5.29. The lowest BCUT2D eigenvalue weighted by molar-refractivity contribution is -0.121. The molecule has 0 saturated carbocycles. The highest BCUT2D eigenvalue weighted by atomic mass is 32.1. The minimum absolute atomic E-state index is 0.0239. The van der Waals surface area contributed by atoms with E-state index < -0.39 is 0 Å². The number of carbonyl (C=O) groups is 1. The first kappa shape index (κ1) is 23.3. The number of nitrogens with one attached hydrogen (secondary N) is 1. The highest BCUT2D eigenvalue weighted by Gasteiger charge is 2.23. The number of halogens is 1. The van der Waals surface area contributed by atoms with Gasteiger partial charge in [-0.25, -0.2) is 4.39 Å². The molecule has 1 aliphatic rings. The lowest BCUT2D eigenvalue weighted by Crippen LogP contribution is -2.24. The number of nitrogens with zero attached hydrogens (tertiary/aromatic N) is 1. The van der Waals surface area contributed by atoms with Crippen LogP contribution in [-0.2, 0) is 17.9 Å². The van der Waals surface area contributed by atoms with Crippen molar-refractivity contribution in [3.05, 3.63) is 118 Å². The Morgan fingerprint density at radius 3 is 2.65 bits per heavy atom. The number of para-hydroxylation sites is 1. The largest absolute Gasteiger partial charge is 0.454 e. The SMILES string of the molecule is O=C(CC(c1ccsc1)c1cn(Cc2ccc(F)cc2)c2ccccc12)NCc1ccc2c(c1)OCO2.